The van der Waals surface area contributed by atoms with Gasteiger partial charge in [-0.05, 0) is 6.42 Å². The highest BCUT2D eigenvalue weighted by Crippen LogP contribution is 2.28. The van der Waals surface area contributed by atoms with Crippen LogP contribution in [0.3, 0.4) is 0 Å². The number of anilines is 1. The maximum Gasteiger partial charge on any atom is 0.419 e. The summed E-state index contributed by atoms with van der Waals surface area (Å²) in [6, 6.07) is 0. The molecule has 22 heavy (non-hydrogen) atoms. The summed E-state index contributed by atoms with van der Waals surface area (Å²) in [5, 5.41) is 11.8. The lowest BCUT2D eigenvalue weighted by molar-refractivity contribution is -0.144. The van der Waals surface area contributed by atoms with E-state index in [-0.39, 0.29) is 5.95 Å². The van der Waals surface area contributed by atoms with Gasteiger partial charge in [0, 0.05) is 18.3 Å². The second-order valence-corrected chi connectivity index (χ2v) is 5.14. The highest BCUT2D eigenvalue weighted by atomic mass is 19.4. The first kappa shape index (κ1) is 18.1. The fraction of sp³-hybridized carbons (Fsp3) is 0.615. The van der Waals surface area contributed by atoms with E-state index in [0.717, 1.165) is 12.8 Å². The molecular formula is C13H19F3N4O2. The van der Waals surface area contributed by atoms with Crippen LogP contribution >= 0.6 is 0 Å². The first-order chi connectivity index (χ1) is 10.1. The van der Waals surface area contributed by atoms with Crippen LogP contribution in [0.4, 0.5) is 19.1 Å². The van der Waals surface area contributed by atoms with Crippen LogP contribution in [0.25, 0.3) is 0 Å². The average Bonchev–Trinajstić information content (AvgIpc) is 2.43. The molecule has 0 aliphatic carbocycles. The third-order valence-corrected chi connectivity index (χ3v) is 3.42. The predicted molar refractivity (Wildman–Crippen MR) is 73.9 cm³/mol. The number of hydrogen-bond donors (Lipinski definition) is 3. The van der Waals surface area contributed by atoms with Crippen LogP contribution in [0, 0.1) is 5.92 Å². The van der Waals surface area contributed by atoms with Crippen LogP contribution in [0.1, 0.15) is 38.7 Å². The molecule has 0 amide bonds. The van der Waals surface area contributed by atoms with E-state index >= 15 is 0 Å². The molecule has 9 heteroatoms. The van der Waals surface area contributed by atoms with Gasteiger partial charge in [-0.25, -0.2) is 14.8 Å². The quantitative estimate of drug-likeness (QED) is 0.667. The molecule has 1 aromatic heterocycles. The molecule has 0 aliphatic heterocycles. The van der Waals surface area contributed by atoms with E-state index in [0.29, 0.717) is 18.8 Å². The summed E-state index contributed by atoms with van der Waals surface area (Å²) in [5.41, 5.74) is 3.00. The Balaban J connectivity index is 2.94. The summed E-state index contributed by atoms with van der Waals surface area (Å²) in [6.07, 6.45) is -1.20. The van der Waals surface area contributed by atoms with Crippen LogP contribution in [0.5, 0.6) is 0 Å². The number of aliphatic carboxylic acids is 1. The molecule has 0 spiro atoms. The highest BCUT2D eigenvalue weighted by Gasteiger charge is 2.40. The third kappa shape index (κ3) is 4.30. The van der Waals surface area contributed by atoms with E-state index in [1.54, 1.807) is 6.92 Å². The lowest BCUT2D eigenvalue weighted by Crippen LogP contribution is -2.59. The monoisotopic (exact) mass is 320 g/mol. The maximum absolute atomic E-state index is 12.4. The molecule has 0 saturated heterocycles. The number of carboxylic acid groups (broad SMARTS) is 1. The zero-order chi connectivity index (χ0) is 17.0. The van der Waals surface area contributed by atoms with Crippen molar-refractivity contribution in [3.05, 3.63) is 18.0 Å². The molecule has 0 aliphatic rings. The van der Waals surface area contributed by atoms with Gasteiger partial charge in [0.05, 0.1) is 5.56 Å². The van der Waals surface area contributed by atoms with Gasteiger partial charge in [0.25, 0.3) is 0 Å². The van der Waals surface area contributed by atoms with E-state index in [2.05, 4.69) is 15.3 Å². The number of rotatable bonds is 7. The fourth-order valence-corrected chi connectivity index (χ4v) is 1.85. The van der Waals surface area contributed by atoms with Crippen molar-refractivity contribution in [2.45, 2.75) is 44.9 Å². The van der Waals surface area contributed by atoms with E-state index in [9.17, 15) is 23.1 Å². The summed E-state index contributed by atoms with van der Waals surface area (Å²) >= 11 is 0. The zero-order valence-electron chi connectivity index (χ0n) is 12.3. The van der Waals surface area contributed by atoms with E-state index in [4.69, 9.17) is 5.73 Å². The number of alkyl halides is 3. The van der Waals surface area contributed by atoms with Gasteiger partial charge in [0.15, 0.2) is 5.66 Å². The van der Waals surface area contributed by atoms with Crippen molar-refractivity contribution < 1.29 is 23.1 Å². The minimum atomic E-state index is -4.56. The van der Waals surface area contributed by atoms with Crippen molar-refractivity contribution in [1.82, 2.24) is 9.97 Å². The van der Waals surface area contributed by atoms with E-state index in [1.807, 2.05) is 6.92 Å². The number of hydrogen-bond acceptors (Lipinski definition) is 5. The lowest BCUT2D eigenvalue weighted by atomic mass is 9.90. The molecule has 0 radical (unpaired) electrons. The topological polar surface area (TPSA) is 101 Å². The molecule has 1 aromatic rings. The van der Waals surface area contributed by atoms with Crippen molar-refractivity contribution >= 4 is 11.9 Å². The number of nitrogens with one attached hydrogen (secondary N) is 1. The summed E-state index contributed by atoms with van der Waals surface area (Å²) in [4.78, 5) is 18.4. The summed E-state index contributed by atoms with van der Waals surface area (Å²) < 4.78 is 37.3. The molecule has 0 aromatic carbocycles. The number of nitrogens with two attached hydrogens (primary N) is 1. The summed E-state index contributed by atoms with van der Waals surface area (Å²) in [7, 11) is 0. The Morgan fingerprint density at radius 1 is 1.41 bits per heavy atom. The Morgan fingerprint density at radius 3 is 2.36 bits per heavy atom. The van der Waals surface area contributed by atoms with Crippen molar-refractivity contribution in [2.24, 2.45) is 11.7 Å². The van der Waals surface area contributed by atoms with Crippen molar-refractivity contribution in [2.75, 3.05) is 5.32 Å². The van der Waals surface area contributed by atoms with Crippen LogP contribution in [-0.4, -0.2) is 26.7 Å². The van der Waals surface area contributed by atoms with Gasteiger partial charge in [-0.15, -0.1) is 0 Å². The average molecular weight is 320 g/mol. The molecule has 2 atom stereocenters. The molecule has 1 heterocycles. The Labute approximate surface area is 125 Å². The summed E-state index contributed by atoms with van der Waals surface area (Å²) in [5.74, 6) is -2.04. The lowest BCUT2D eigenvalue weighted by Gasteiger charge is -2.32. The molecule has 124 valence electrons. The fourth-order valence-electron chi connectivity index (χ4n) is 1.85. The molecule has 4 N–H and O–H groups in total. The Kier molecular flexibility index (Phi) is 5.70. The largest absolute Gasteiger partial charge is 0.478 e. The normalized spacial score (nSPS) is 15.9. The molecule has 0 bridgehead atoms. The molecule has 1 rings (SSSR count). The Bertz CT molecular complexity index is 507. The second-order valence-electron chi connectivity index (χ2n) is 5.14. The van der Waals surface area contributed by atoms with Gasteiger partial charge in [0.1, 0.15) is 0 Å². The predicted octanol–water partition coefficient (Wildman–Crippen LogP) is 2.47. The first-order valence-corrected chi connectivity index (χ1v) is 6.81. The van der Waals surface area contributed by atoms with Gasteiger partial charge < -0.3 is 10.4 Å². The molecular weight excluding hydrogens is 301 g/mol. The van der Waals surface area contributed by atoms with E-state index < -0.39 is 29.3 Å². The van der Waals surface area contributed by atoms with Crippen LogP contribution in [0.15, 0.2) is 12.4 Å². The standard InChI is InChI=1S/C13H19F3N4O2/c1-3-4-5-8(2)12(17,10(21)22)20-11-18-6-9(7-19-11)13(14,15)16/h6-8H,3-5,17H2,1-2H3,(H,21,22)(H,18,19,20). The number of halogens is 3. The zero-order valence-corrected chi connectivity index (χ0v) is 12.3. The molecule has 0 fully saturated rings. The Hall–Kier alpha value is -1.90. The van der Waals surface area contributed by atoms with Gasteiger partial charge in [-0.3, -0.25) is 5.73 Å². The van der Waals surface area contributed by atoms with Gasteiger partial charge in [-0.1, -0.05) is 26.7 Å². The van der Waals surface area contributed by atoms with Crippen LogP contribution < -0.4 is 11.1 Å². The minimum Gasteiger partial charge on any atom is -0.478 e. The molecule has 6 nitrogen and oxygen atoms in total. The first-order valence-electron chi connectivity index (χ1n) is 6.81. The minimum absolute atomic E-state index is 0.263. The number of unbranched alkanes of at least 4 members (excludes halogenated alkanes) is 1. The smallest absolute Gasteiger partial charge is 0.419 e. The van der Waals surface area contributed by atoms with Gasteiger partial charge in [0.2, 0.25) is 5.95 Å². The third-order valence-electron chi connectivity index (χ3n) is 3.42. The second kappa shape index (κ2) is 6.91. The number of carbonyl (C=O) groups is 1. The Morgan fingerprint density at radius 2 is 1.95 bits per heavy atom. The maximum atomic E-state index is 12.4. The number of aromatic nitrogens is 2. The van der Waals surface area contributed by atoms with Crippen molar-refractivity contribution in [3.63, 3.8) is 0 Å². The highest BCUT2D eigenvalue weighted by molar-refractivity contribution is 5.81. The van der Waals surface area contributed by atoms with Gasteiger partial charge in [-0.2, -0.15) is 13.2 Å². The SMILES string of the molecule is CCCCC(C)C(N)(Nc1ncc(C(F)(F)F)cn1)C(=O)O. The summed E-state index contributed by atoms with van der Waals surface area (Å²) in [6.45, 7) is 3.61. The molecule has 2 unspecified atom stereocenters. The number of carboxylic acids is 1. The molecule has 0 saturated carbocycles. The van der Waals surface area contributed by atoms with Crippen molar-refractivity contribution in [3.8, 4) is 0 Å². The van der Waals surface area contributed by atoms with E-state index in [1.165, 1.54) is 0 Å². The van der Waals surface area contributed by atoms with Crippen molar-refractivity contribution in [1.29, 1.82) is 0 Å². The van der Waals surface area contributed by atoms with Gasteiger partial charge >= 0.3 is 12.1 Å². The van der Waals surface area contributed by atoms with Crippen LogP contribution in [0.2, 0.25) is 0 Å². The number of nitrogens with zero attached hydrogens (tertiary/aromatic N) is 2. The van der Waals surface area contributed by atoms with Crippen LogP contribution in [-0.2, 0) is 11.0 Å².